The van der Waals surface area contributed by atoms with Crippen molar-refractivity contribution in [3.8, 4) is 0 Å². The number of carboxylic acids is 1. The van der Waals surface area contributed by atoms with Crippen molar-refractivity contribution in [1.82, 2.24) is 0 Å². The Balaban J connectivity index is 0.000000980. The Kier molecular flexibility index (Phi) is 3.40. The van der Waals surface area contributed by atoms with Gasteiger partial charge in [0.2, 0.25) is 0 Å². The predicted molar refractivity (Wildman–Crippen MR) is 53.5 cm³/mol. The zero-order valence-electron chi connectivity index (χ0n) is 7.94. The van der Waals surface area contributed by atoms with Gasteiger partial charge >= 0.3 is 5.97 Å². The van der Waals surface area contributed by atoms with Crippen LogP contribution in [0.5, 0.6) is 0 Å². The van der Waals surface area contributed by atoms with Crippen LogP contribution in [0.4, 0.5) is 0 Å². The summed E-state index contributed by atoms with van der Waals surface area (Å²) in [4.78, 5) is 10.6. The number of rotatable bonds is 1. The van der Waals surface area contributed by atoms with Crippen LogP contribution in [0.3, 0.4) is 0 Å². The van der Waals surface area contributed by atoms with Gasteiger partial charge < -0.3 is 15.6 Å². The minimum Gasteiger partial charge on any atom is -0.481 e. The number of hydrogen-bond donors (Lipinski definition) is 2. The van der Waals surface area contributed by atoms with Gasteiger partial charge in [0.1, 0.15) is 0 Å². The molecule has 1 heterocycles. The summed E-state index contributed by atoms with van der Waals surface area (Å²) < 4.78 is 5.61. The Morgan fingerprint density at radius 3 is 2.57 bits per heavy atom. The van der Waals surface area contributed by atoms with Crippen molar-refractivity contribution in [3.05, 3.63) is 0 Å². The number of nitrogens with two attached hydrogens (primary N) is 1. The maximum absolute atomic E-state index is 10.6. The molecule has 4 nitrogen and oxygen atoms in total. The molecule has 0 aromatic carbocycles. The van der Waals surface area contributed by atoms with Crippen LogP contribution in [0.15, 0.2) is 0 Å². The number of hydrogen-bond acceptors (Lipinski definition) is 3. The maximum Gasteiger partial charge on any atom is 0.306 e. The maximum atomic E-state index is 10.6. The molecule has 5 heteroatoms. The van der Waals surface area contributed by atoms with Gasteiger partial charge in [0, 0.05) is 12.6 Å². The molecule has 2 rings (SSSR count). The van der Waals surface area contributed by atoms with E-state index in [4.69, 9.17) is 15.6 Å². The van der Waals surface area contributed by atoms with Gasteiger partial charge in [-0.15, -0.1) is 12.4 Å². The standard InChI is InChI=1S/C9H15NO3.ClH/c10-7-1-2-13-9(5-7)3-6(4-9)8(11)12;/h6-7H,1-5,10H2,(H,11,12);1H. The van der Waals surface area contributed by atoms with Crippen molar-refractivity contribution in [1.29, 1.82) is 0 Å². The molecule has 1 saturated carbocycles. The molecule has 14 heavy (non-hydrogen) atoms. The fraction of sp³-hybridized carbons (Fsp3) is 0.889. The normalized spacial score (nSPS) is 41.2. The highest BCUT2D eigenvalue weighted by Crippen LogP contribution is 2.46. The summed E-state index contributed by atoms with van der Waals surface area (Å²) in [5, 5.41) is 8.73. The van der Waals surface area contributed by atoms with Gasteiger partial charge in [0.25, 0.3) is 0 Å². The van der Waals surface area contributed by atoms with E-state index in [2.05, 4.69) is 0 Å². The third kappa shape index (κ3) is 2.02. The summed E-state index contributed by atoms with van der Waals surface area (Å²) in [5.41, 5.74) is 5.63. The largest absolute Gasteiger partial charge is 0.481 e. The predicted octanol–water partition coefficient (Wildman–Crippen LogP) is 0.779. The lowest BCUT2D eigenvalue weighted by molar-refractivity contribution is -0.180. The van der Waals surface area contributed by atoms with E-state index < -0.39 is 5.97 Å². The highest BCUT2D eigenvalue weighted by molar-refractivity contribution is 5.85. The molecule has 1 spiro atoms. The number of carbonyl (C=O) groups is 1. The molecule has 0 amide bonds. The van der Waals surface area contributed by atoms with Gasteiger partial charge in [-0.05, 0) is 25.7 Å². The molecule has 1 atom stereocenters. The minimum atomic E-state index is -0.701. The van der Waals surface area contributed by atoms with E-state index in [1.165, 1.54) is 0 Å². The molecule has 3 N–H and O–H groups in total. The van der Waals surface area contributed by atoms with E-state index in [1.807, 2.05) is 0 Å². The lowest BCUT2D eigenvalue weighted by Gasteiger charge is -2.49. The van der Waals surface area contributed by atoms with Gasteiger partial charge in [-0.25, -0.2) is 0 Å². The third-order valence-electron chi connectivity index (χ3n) is 3.12. The Hall–Kier alpha value is -0.320. The summed E-state index contributed by atoms with van der Waals surface area (Å²) in [5.74, 6) is -0.904. The van der Waals surface area contributed by atoms with Crippen molar-refractivity contribution in [2.45, 2.75) is 37.3 Å². The van der Waals surface area contributed by atoms with Gasteiger partial charge in [0.15, 0.2) is 0 Å². The SMILES string of the molecule is Cl.NC1CCOC2(C1)CC(C(=O)O)C2. The second-order valence-electron chi connectivity index (χ2n) is 4.23. The second-order valence-corrected chi connectivity index (χ2v) is 4.23. The fourth-order valence-electron chi connectivity index (χ4n) is 2.36. The number of halogens is 1. The molecular formula is C9H16ClNO3. The van der Waals surface area contributed by atoms with E-state index >= 15 is 0 Å². The van der Waals surface area contributed by atoms with Crippen LogP contribution < -0.4 is 5.73 Å². The molecule has 0 bridgehead atoms. The van der Waals surface area contributed by atoms with E-state index in [1.54, 1.807) is 0 Å². The molecule has 0 aromatic rings. The first-order valence-corrected chi connectivity index (χ1v) is 4.74. The molecule has 82 valence electrons. The molecular weight excluding hydrogens is 206 g/mol. The van der Waals surface area contributed by atoms with Crippen molar-refractivity contribution < 1.29 is 14.6 Å². The topological polar surface area (TPSA) is 72.5 Å². The average Bonchev–Trinajstić information content (AvgIpc) is 1.99. The van der Waals surface area contributed by atoms with Crippen molar-refractivity contribution in [3.63, 3.8) is 0 Å². The summed E-state index contributed by atoms with van der Waals surface area (Å²) in [7, 11) is 0. The molecule has 1 saturated heterocycles. The highest BCUT2D eigenvalue weighted by Gasteiger charge is 2.50. The molecule has 1 aliphatic heterocycles. The van der Waals surface area contributed by atoms with E-state index in [0.717, 1.165) is 12.8 Å². The van der Waals surface area contributed by atoms with Gasteiger partial charge in [-0.2, -0.15) is 0 Å². The lowest BCUT2D eigenvalue weighted by atomic mass is 9.67. The quantitative estimate of drug-likeness (QED) is 0.687. The zero-order chi connectivity index (χ0) is 9.47. The van der Waals surface area contributed by atoms with Crippen molar-refractivity contribution in [2.24, 2.45) is 11.7 Å². The van der Waals surface area contributed by atoms with Crippen LogP contribution in [0.2, 0.25) is 0 Å². The summed E-state index contributed by atoms with van der Waals surface area (Å²) in [6.45, 7) is 0.688. The Morgan fingerprint density at radius 2 is 2.07 bits per heavy atom. The van der Waals surface area contributed by atoms with Crippen LogP contribution in [-0.4, -0.2) is 29.3 Å². The van der Waals surface area contributed by atoms with E-state index in [9.17, 15) is 4.79 Å². The van der Waals surface area contributed by atoms with Gasteiger partial charge in [-0.3, -0.25) is 4.79 Å². The first-order chi connectivity index (χ1) is 6.11. The number of ether oxygens (including phenoxy) is 1. The fourth-order valence-corrected chi connectivity index (χ4v) is 2.36. The summed E-state index contributed by atoms with van der Waals surface area (Å²) in [6.07, 6.45) is 3.03. The van der Waals surface area contributed by atoms with Crippen molar-refractivity contribution in [2.75, 3.05) is 6.61 Å². The zero-order valence-corrected chi connectivity index (χ0v) is 8.76. The highest BCUT2D eigenvalue weighted by atomic mass is 35.5. The van der Waals surface area contributed by atoms with Crippen LogP contribution in [0, 0.1) is 5.92 Å². The van der Waals surface area contributed by atoms with E-state index in [-0.39, 0.29) is 30.0 Å². The molecule has 2 aliphatic rings. The van der Waals surface area contributed by atoms with E-state index in [0.29, 0.717) is 19.4 Å². The first-order valence-electron chi connectivity index (χ1n) is 4.74. The lowest BCUT2D eigenvalue weighted by Crippen LogP contribution is -2.55. The molecule has 2 fully saturated rings. The smallest absolute Gasteiger partial charge is 0.306 e. The molecule has 0 aromatic heterocycles. The first kappa shape index (κ1) is 11.8. The molecule has 1 unspecified atom stereocenters. The Labute approximate surface area is 89.2 Å². The van der Waals surface area contributed by atoms with Crippen LogP contribution in [0.25, 0.3) is 0 Å². The average molecular weight is 222 g/mol. The summed E-state index contributed by atoms with van der Waals surface area (Å²) >= 11 is 0. The number of carboxylic acid groups (broad SMARTS) is 1. The van der Waals surface area contributed by atoms with Crippen LogP contribution in [-0.2, 0) is 9.53 Å². The van der Waals surface area contributed by atoms with Gasteiger partial charge in [-0.1, -0.05) is 0 Å². The Bertz CT molecular complexity index is 228. The minimum absolute atomic E-state index is 0. The summed E-state index contributed by atoms with van der Waals surface area (Å²) in [6, 6.07) is 0.198. The molecule has 0 radical (unpaired) electrons. The monoisotopic (exact) mass is 221 g/mol. The van der Waals surface area contributed by atoms with Crippen LogP contribution in [0.1, 0.15) is 25.7 Å². The van der Waals surface area contributed by atoms with Crippen LogP contribution >= 0.6 is 12.4 Å². The third-order valence-corrected chi connectivity index (χ3v) is 3.12. The number of aliphatic carboxylic acids is 1. The van der Waals surface area contributed by atoms with Gasteiger partial charge in [0.05, 0.1) is 11.5 Å². The molecule has 1 aliphatic carbocycles. The second kappa shape index (κ2) is 4.04. The Morgan fingerprint density at radius 1 is 1.43 bits per heavy atom. The van der Waals surface area contributed by atoms with Crippen molar-refractivity contribution >= 4 is 18.4 Å².